The second-order valence-electron chi connectivity index (χ2n) is 5.23. The molecular weight excluding hydrogens is 260 g/mol. The van der Waals surface area contributed by atoms with Gasteiger partial charge in [0.15, 0.2) is 0 Å². The van der Waals surface area contributed by atoms with Crippen molar-refractivity contribution in [1.82, 2.24) is 0 Å². The first kappa shape index (κ1) is 15.5. The van der Waals surface area contributed by atoms with Crippen molar-refractivity contribution in [2.45, 2.75) is 25.8 Å². The highest BCUT2D eigenvalue weighted by Gasteiger charge is 2.12. The molecular formula is C18H24N2O. The van der Waals surface area contributed by atoms with Crippen molar-refractivity contribution in [3.63, 3.8) is 0 Å². The zero-order valence-corrected chi connectivity index (χ0v) is 12.6. The summed E-state index contributed by atoms with van der Waals surface area (Å²) in [7, 11) is 0. The monoisotopic (exact) mass is 284 g/mol. The lowest BCUT2D eigenvalue weighted by atomic mass is 9.99. The van der Waals surface area contributed by atoms with Crippen molar-refractivity contribution in [1.29, 1.82) is 0 Å². The van der Waals surface area contributed by atoms with E-state index in [0.29, 0.717) is 13.2 Å². The molecule has 0 bridgehead atoms. The highest BCUT2D eigenvalue weighted by atomic mass is 16.5. The van der Waals surface area contributed by atoms with Gasteiger partial charge in [-0.3, -0.25) is 0 Å². The van der Waals surface area contributed by atoms with Crippen molar-refractivity contribution in [2.24, 2.45) is 11.5 Å². The summed E-state index contributed by atoms with van der Waals surface area (Å²) in [5.74, 6) is 0.853. The molecule has 0 radical (unpaired) electrons. The second-order valence-corrected chi connectivity index (χ2v) is 5.23. The Morgan fingerprint density at radius 2 is 1.81 bits per heavy atom. The third kappa shape index (κ3) is 4.31. The molecule has 4 N–H and O–H groups in total. The standard InChI is InChI=1S/C18H24N2O/c1-2-10-21-18-9-8-15(12-16(18)17(20)13-19)11-14-6-4-3-5-7-14/h3-9,12,17H,2,10-11,13,19-20H2,1H3. The van der Waals surface area contributed by atoms with Crippen LogP contribution in [0.4, 0.5) is 0 Å². The Bertz CT molecular complexity index is 554. The molecule has 112 valence electrons. The highest BCUT2D eigenvalue weighted by molar-refractivity contribution is 5.41. The summed E-state index contributed by atoms with van der Waals surface area (Å²) in [5, 5.41) is 0. The second kappa shape index (κ2) is 7.81. The van der Waals surface area contributed by atoms with Gasteiger partial charge in [0.25, 0.3) is 0 Å². The number of ether oxygens (including phenoxy) is 1. The van der Waals surface area contributed by atoms with Crippen LogP contribution in [-0.4, -0.2) is 13.2 Å². The van der Waals surface area contributed by atoms with Crippen LogP contribution in [0.5, 0.6) is 5.75 Å². The fourth-order valence-corrected chi connectivity index (χ4v) is 2.30. The van der Waals surface area contributed by atoms with Gasteiger partial charge in [0.1, 0.15) is 5.75 Å². The van der Waals surface area contributed by atoms with Gasteiger partial charge in [0, 0.05) is 18.2 Å². The van der Waals surface area contributed by atoms with Crippen LogP contribution in [0.1, 0.15) is 36.1 Å². The van der Waals surface area contributed by atoms with Gasteiger partial charge >= 0.3 is 0 Å². The number of rotatable bonds is 7. The fourth-order valence-electron chi connectivity index (χ4n) is 2.30. The predicted molar refractivity (Wildman–Crippen MR) is 87.5 cm³/mol. The van der Waals surface area contributed by atoms with E-state index in [-0.39, 0.29) is 6.04 Å². The van der Waals surface area contributed by atoms with Crippen molar-refractivity contribution >= 4 is 0 Å². The molecule has 1 atom stereocenters. The molecule has 2 aromatic carbocycles. The van der Waals surface area contributed by atoms with E-state index in [1.807, 2.05) is 12.1 Å². The maximum absolute atomic E-state index is 6.12. The molecule has 3 nitrogen and oxygen atoms in total. The number of hydrogen-bond donors (Lipinski definition) is 2. The summed E-state index contributed by atoms with van der Waals surface area (Å²) >= 11 is 0. The molecule has 0 saturated heterocycles. The minimum absolute atomic E-state index is 0.187. The van der Waals surface area contributed by atoms with Crippen LogP contribution in [-0.2, 0) is 6.42 Å². The van der Waals surface area contributed by atoms with Crippen LogP contribution in [0, 0.1) is 0 Å². The lowest BCUT2D eigenvalue weighted by Crippen LogP contribution is -2.21. The van der Waals surface area contributed by atoms with Gasteiger partial charge in [-0.1, -0.05) is 49.4 Å². The minimum atomic E-state index is -0.187. The topological polar surface area (TPSA) is 61.3 Å². The van der Waals surface area contributed by atoms with E-state index in [1.165, 1.54) is 11.1 Å². The Labute approximate surface area is 126 Å². The summed E-state index contributed by atoms with van der Waals surface area (Å²) in [4.78, 5) is 0. The molecule has 0 aliphatic heterocycles. The molecule has 0 saturated carbocycles. The zero-order chi connectivity index (χ0) is 15.1. The van der Waals surface area contributed by atoms with Gasteiger partial charge in [-0.15, -0.1) is 0 Å². The Balaban J connectivity index is 2.23. The summed E-state index contributed by atoms with van der Waals surface area (Å²) in [6.45, 7) is 3.20. The summed E-state index contributed by atoms with van der Waals surface area (Å²) in [5.41, 5.74) is 15.4. The van der Waals surface area contributed by atoms with E-state index in [1.54, 1.807) is 0 Å². The molecule has 0 amide bonds. The third-order valence-electron chi connectivity index (χ3n) is 3.44. The van der Waals surface area contributed by atoms with Crippen LogP contribution in [0.3, 0.4) is 0 Å². The van der Waals surface area contributed by atoms with Crippen LogP contribution in [0.2, 0.25) is 0 Å². The minimum Gasteiger partial charge on any atom is -0.493 e. The van der Waals surface area contributed by atoms with E-state index in [2.05, 4.69) is 43.3 Å². The van der Waals surface area contributed by atoms with E-state index < -0.39 is 0 Å². The molecule has 3 heteroatoms. The first-order valence-corrected chi connectivity index (χ1v) is 7.49. The molecule has 0 aliphatic carbocycles. The first-order chi connectivity index (χ1) is 10.2. The van der Waals surface area contributed by atoms with Gasteiger partial charge < -0.3 is 16.2 Å². The largest absolute Gasteiger partial charge is 0.493 e. The maximum atomic E-state index is 6.12. The Morgan fingerprint density at radius 1 is 1.05 bits per heavy atom. The van der Waals surface area contributed by atoms with Crippen LogP contribution in [0.15, 0.2) is 48.5 Å². The maximum Gasteiger partial charge on any atom is 0.124 e. The average Bonchev–Trinajstić information content (AvgIpc) is 2.53. The third-order valence-corrected chi connectivity index (χ3v) is 3.44. The van der Waals surface area contributed by atoms with Crippen molar-refractivity contribution in [2.75, 3.05) is 13.2 Å². The van der Waals surface area contributed by atoms with Crippen LogP contribution < -0.4 is 16.2 Å². The Kier molecular flexibility index (Phi) is 5.78. The lowest BCUT2D eigenvalue weighted by Gasteiger charge is -2.17. The highest BCUT2D eigenvalue weighted by Crippen LogP contribution is 2.26. The molecule has 2 rings (SSSR count). The molecule has 2 aromatic rings. The molecule has 0 fully saturated rings. The van der Waals surface area contributed by atoms with Gasteiger partial charge in [-0.25, -0.2) is 0 Å². The molecule has 21 heavy (non-hydrogen) atoms. The van der Waals surface area contributed by atoms with Crippen molar-refractivity contribution < 1.29 is 4.74 Å². The van der Waals surface area contributed by atoms with Gasteiger partial charge in [-0.05, 0) is 30.0 Å². The van der Waals surface area contributed by atoms with Crippen LogP contribution in [0.25, 0.3) is 0 Å². The van der Waals surface area contributed by atoms with Crippen molar-refractivity contribution in [3.05, 3.63) is 65.2 Å². The fraction of sp³-hybridized carbons (Fsp3) is 0.333. The average molecular weight is 284 g/mol. The predicted octanol–water partition coefficient (Wildman–Crippen LogP) is 3.02. The van der Waals surface area contributed by atoms with E-state index in [9.17, 15) is 0 Å². The Morgan fingerprint density at radius 3 is 2.48 bits per heavy atom. The van der Waals surface area contributed by atoms with Crippen LogP contribution >= 0.6 is 0 Å². The Hall–Kier alpha value is -1.84. The number of benzene rings is 2. The first-order valence-electron chi connectivity index (χ1n) is 7.49. The van der Waals surface area contributed by atoms with Gasteiger partial charge in [0.05, 0.1) is 6.61 Å². The summed E-state index contributed by atoms with van der Waals surface area (Å²) in [6.07, 6.45) is 1.86. The molecule has 0 aromatic heterocycles. The quantitative estimate of drug-likeness (QED) is 0.821. The lowest BCUT2D eigenvalue weighted by molar-refractivity contribution is 0.312. The number of nitrogens with two attached hydrogens (primary N) is 2. The van der Waals surface area contributed by atoms with E-state index >= 15 is 0 Å². The van der Waals surface area contributed by atoms with E-state index in [0.717, 1.165) is 24.2 Å². The summed E-state index contributed by atoms with van der Waals surface area (Å²) < 4.78 is 5.78. The molecule has 1 unspecified atom stereocenters. The zero-order valence-electron chi connectivity index (χ0n) is 12.6. The molecule has 0 spiro atoms. The number of hydrogen-bond acceptors (Lipinski definition) is 3. The van der Waals surface area contributed by atoms with E-state index in [4.69, 9.17) is 16.2 Å². The SMILES string of the molecule is CCCOc1ccc(Cc2ccccc2)cc1C(N)CN. The molecule has 0 heterocycles. The van der Waals surface area contributed by atoms with Gasteiger partial charge in [-0.2, -0.15) is 0 Å². The normalized spacial score (nSPS) is 12.1. The molecule has 0 aliphatic rings. The van der Waals surface area contributed by atoms with Gasteiger partial charge in [0.2, 0.25) is 0 Å². The van der Waals surface area contributed by atoms with Crippen molar-refractivity contribution in [3.8, 4) is 5.75 Å². The summed E-state index contributed by atoms with van der Waals surface area (Å²) in [6, 6.07) is 16.4. The smallest absolute Gasteiger partial charge is 0.124 e.